The highest BCUT2D eigenvalue weighted by Crippen LogP contribution is 2.28. The van der Waals surface area contributed by atoms with Crippen molar-refractivity contribution in [2.24, 2.45) is 0 Å². The van der Waals surface area contributed by atoms with Crippen molar-refractivity contribution in [3.8, 4) is 17.3 Å². The van der Waals surface area contributed by atoms with Crippen LogP contribution in [0.5, 0.6) is 11.5 Å². The molecule has 2 aromatic heterocycles. The Morgan fingerprint density at radius 3 is 2.55 bits per heavy atom. The molecule has 0 N–H and O–H groups in total. The van der Waals surface area contributed by atoms with Crippen LogP contribution in [0.1, 0.15) is 23.2 Å². The number of ether oxygens (including phenoxy) is 2. The zero-order valence-corrected chi connectivity index (χ0v) is 16.3. The summed E-state index contributed by atoms with van der Waals surface area (Å²) in [5.41, 5.74) is 0.523. The van der Waals surface area contributed by atoms with Crippen LogP contribution in [0.3, 0.4) is 0 Å². The lowest BCUT2D eigenvalue weighted by atomic mass is 10.1. The van der Waals surface area contributed by atoms with Crippen molar-refractivity contribution in [3.63, 3.8) is 0 Å². The fourth-order valence-electron chi connectivity index (χ4n) is 3.38. The number of benzene rings is 1. The number of alkyl halides is 3. The molecule has 7 nitrogen and oxygen atoms in total. The van der Waals surface area contributed by atoms with E-state index in [1.165, 1.54) is 18.2 Å². The van der Waals surface area contributed by atoms with Crippen molar-refractivity contribution >= 4 is 5.91 Å². The number of hydrogen-bond acceptors (Lipinski definition) is 5. The molecule has 1 aromatic carbocycles. The molecule has 1 fully saturated rings. The number of likely N-dealkylation sites (tertiary alicyclic amines) is 1. The van der Waals surface area contributed by atoms with Gasteiger partial charge >= 0.3 is 6.36 Å². The molecular weight excluding hydrogens is 413 g/mol. The summed E-state index contributed by atoms with van der Waals surface area (Å²) in [7, 11) is 0. The van der Waals surface area contributed by atoms with Gasteiger partial charge < -0.3 is 14.4 Å². The quantitative estimate of drug-likeness (QED) is 0.613. The lowest BCUT2D eigenvalue weighted by molar-refractivity contribution is -0.274. The molecule has 3 aromatic rings. The molecule has 1 saturated heterocycles. The van der Waals surface area contributed by atoms with Gasteiger partial charge in [-0.05, 0) is 24.3 Å². The monoisotopic (exact) mass is 432 g/mol. The summed E-state index contributed by atoms with van der Waals surface area (Å²) in [5.74, 6) is 0.458. The van der Waals surface area contributed by atoms with E-state index in [0.29, 0.717) is 43.1 Å². The second-order valence-corrected chi connectivity index (χ2v) is 7.00. The van der Waals surface area contributed by atoms with Crippen molar-refractivity contribution in [3.05, 3.63) is 66.9 Å². The van der Waals surface area contributed by atoms with Crippen LogP contribution in [0.25, 0.3) is 5.82 Å². The Balaban J connectivity index is 1.34. The van der Waals surface area contributed by atoms with Crippen LogP contribution in [0, 0.1) is 0 Å². The van der Waals surface area contributed by atoms with Crippen LogP contribution in [0.15, 0.2) is 61.3 Å². The first-order valence-electron chi connectivity index (χ1n) is 9.63. The molecule has 1 aliphatic heterocycles. The summed E-state index contributed by atoms with van der Waals surface area (Å²) in [5, 5.41) is 0. The largest absolute Gasteiger partial charge is 0.573 e. The van der Waals surface area contributed by atoms with Gasteiger partial charge in [0, 0.05) is 56.2 Å². The molecule has 162 valence electrons. The van der Waals surface area contributed by atoms with E-state index in [-0.39, 0.29) is 17.8 Å². The fraction of sp³-hybridized carbons (Fsp3) is 0.286. The van der Waals surface area contributed by atoms with Gasteiger partial charge in [-0.15, -0.1) is 13.2 Å². The minimum atomic E-state index is -4.75. The van der Waals surface area contributed by atoms with E-state index in [1.807, 2.05) is 0 Å². The summed E-state index contributed by atoms with van der Waals surface area (Å²) >= 11 is 0. The normalized spacial score (nSPS) is 15.0. The summed E-state index contributed by atoms with van der Waals surface area (Å²) in [6.45, 7) is 0.954. The summed E-state index contributed by atoms with van der Waals surface area (Å²) in [4.78, 5) is 22.8. The highest BCUT2D eigenvalue weighted by atomic mass is 19.4. The molecule has 1 amide bonds. The molecule has 10 heteroatoms. The third-order valence-electron chi connectivity index (χ3n) is 4.83. The molecule has 0 radical (unpaired) electrons. The SMILES string of the molecule is O=C(c1ccnc(-n2ccnc2)c1)N1CCC(Oc2cccc(OC(F)(F)F)c2)CC1. The maximum absolute atomic E-state index is 12.9. The van der Waals surface area contributed by atoms with Gasteiger partial charge in [-0.2, -0.15) is 0 Å². The highest BCUT2D eigenvalue weighted by molar-refractivity contribution is 5.94. The van der Waals surface area contributed by atoms with Gasteiger partial charge in [-0.25, -0.2) is 9.97 Å². The average Bonchev–Trinajstić information content (AvgIpc) is 3.28. The number of nitrogens with zero attached hydrogens (tertiary/aromatic N) is 4. The molecule has 0 unspecified atom stereocenters. The maximum atomic E-state index is 12.9. The van der Waals surface area contributed by atoms with Gasteiger partial charge in [0.1, 0.15) is 29.7 Å². The van der Waals surface area contributed by atoms with Crippen molar-refractivity contribution < 1.29 is 27.4 Å². The lowest BCUT2D eigenvalue weighted by Gasteiger charge is -2.32. The number of hydrogen-bond donors (Lipinski definition) is 0. The van der Waals surface area contributed by atoms with Gasteiger partial charge in [0.05, 0.1) is 0 Å². The smallest absolute Gasteiger partial charge is 0.490 e. The second kappa shape index (κ2) is 8.66. The van der Waals surface area contributed by atoms with Gasteiger partial charge in [0.2, 0.25) is 0 Å². The number of amides is 1. The summed E-state index contributed by atoms with van der Waals surface area (Å²) < 4.78 is 48.6. The van der Waals surface area contributed by atoms with E-state index in [4.69, 9.17) is 4.74 Å². The third-order valence-corrected chi connectivity index (χ3v) is 4.83. The highest BCUT2D eigenvalue weighted by Gasteiger charge is 2.31. The van der Waals surface area contributed by atoms with Crippen LogP contribution < -0.4 is 9.47 Å². The fourth-order valence-corrected chi connectivity index (χ4v) is 3.38. The van der Waals surface area contributed by atoms with E-state index < -0.39 is 6.36 Å². The Morgan fingerprint density at radius 2 is 1.84 bits per heavy atom. The summed E-state index contributed by atoms with van der Waals surface area (Å²) in [6, 6.07) is 8.82. The van der Waals surface area contributed by atoms with Gasteiger partial charge in [0.15, 0.2) is 0 Å². The Hall–Kier alpha value is -3.56. The minimum absolute atomic E-state index is 0.109. The lowest BCUT2D eigenvalue weighted by Crippen LogP contribution is -2.41. The van der Waals surface area contributed by atoms with Crippen LogP contribution in [0.4, 0.5) is 13.2 Å². The average molecular weight is 432 g/mol. The molecule has 1 aliphatic rings. The van der Waals surface area contributed by atoms with E-state index in [1.54, 1.807) is 52.6 Å². The number of halogens is 3. The van der Waals surface area contributed by atoms with Gasteiger partial charge in [0.25, 0.3) is 5.91 Å². The van der Waals surface area contributed by atoms with Crippen molar-refractivity contribution in [2.75, 3.05) is 13.1 Å². The van der Waals surface area contributed by atoms with Crippen molar-refractivity contribution in [1.29, 1.82) is 0 Å². The van der Waals surface area contributed by atoms with Crippen molar-refractivity contribution in [1.82, 2.24) is 19.4 Å². The zero-order valence-electron chi connectivity index (χ0n) is 16.3. The first-order valence-corrected chi connectivity index (χ1v) is 9.63. The Labute approximate surface area is 176 Å². The van der Waals surface area contributed by atoms with E-state index >= 15 is 0 Å². The predicted molar refractivity (Wildman–Crippen MR) is 104 cm³/mol. The van der Waals surface area contributed by atoms with Crippen LogP contribution in [-0.4, -0.2) is 50.9 Å². The number of carbonyl (C=O) groups excluding carboxylic acids is 1. The number of pyridine rings is 1. The molecule has 0 aliphatic carbocycles. The molecular formula is C21H19F3N4O3. The Morgan fingerprint density at radius 1 is 1.06 bits per heavy atom. The molecule has 3 heterocycles. The Bertz CT molecular complexity index is 1030. The Kier molecular flexibility index (Phi) is 5.79. The molecule has 4 rings (SSSR count). The maximum Gasteiger partial charge on any atom is 0.573 e. The third kappa shape index (κ3) is 5.33. The van der Waals surface area contributed by atoms with E-state index in [0.717, 1.165) is 0 Å². The minimum Gasteiger partial charge on any atom is -0.490 e. The first-order chi connectivity index (χ1) is 14.9. The molecule has 0 atom stereocenters. The molecule has 31 heavy (non-hydrogen) atoms. The van der Waals surface area contributed by atoms with Crippen LogP contribution >= 0.6 is 0 Å². The van der Waals surface area contributed by atoms with Gasteiger partial charge in [-0.1, -0.05) is 6.07 Å². The van der Waals surface area contributed by atoms with Crippen LogP contribution in [-0.2, 0) is 0 Å². The number of piperidine rings is 1. The topological polar surface area (TPSA) is 69.5 Å². The standard InChI is InChI=1S/C21H19F3N4O3/c22-21(23,24)31-18-3-1-2-17(13-18)30-16-5-9-27(10-6-16)20(29)15-4-7-26-19(12-15)28-11-8-25-14-28/h1-4,7-8,11-14,16H,5-6,9-10H2. The zero-order chi connectivity index (χ0) is 21.8. The number of imidazole rings is 1. The van der Waals surface area contributed by atoms with Crippen molar-refractivity contribution in [2.45, 2.75) is 25.3 Å². The molecule has 0 bridgehead atoms. The number of aromatic nitrogens is 3. The van der Waals surface area contributed by atoms with E-state index in [9.17, 15) is 18.0 Å². The molecule has 0 spiro atoms. The second-order valence-electron chi connectivity index (χ2n) is 7.00. The first kappa shape index (κ1) is 20.7. The van der Waals surface area contributed by atoms with E-state index in [2.05, 4.69) is 14.7 Å². The molecule has 0 saturated carbocycles. The number of rotatable bonds is 5. The predicted octanol–water partition coefficient (Wildman–Crippen LogP) is 3.85. The van der Waals surface area contributed by atoms with Gasteiger partial charge in [-0.3, -0.25) is 9.36 Å². The number of carbonyl (C=O) groups is 1. The van der Waals surface area contributed by atoms with Crippen LogP contribution in [0.2, 0.25) is 0 Å². The summed E-state index contributed by atoms with van der Waals surface area (Å²) in [6.07, 6.45) is 2.73.